The highest BCUT2D eigenvalue weighted by atomic mass is 19.1. The Balaban J connectivity index is 2.13. The number of carbonyl (C=O) groups is 1. The van der Waals surface area contributed by atoms with Crippen molar-refractivity contribution >= 4 is 11.6 Å². The summed E-state index contributed by atoms with van der Waals surface area (Å²) in [7, 11) is 3.92. The van der Waals surface area contributed by atoms with Gasteiger partial charge in [-0.1, -0.05) is 0 Å². The fourth-order valence-corrected chi connectivity index (χ4v) is 1.40. The highest BCUT2D eigenvalue weighted by molar-refractivity contribution is 5.76. The first kappa shape index (κ1) is 14.4. The van der Waals surface area contributed by atoms with E-state index in [0.717, 1.165) is 12.2 Å². The van der Waals surface area contributed by atoms with E-state index in [9.17, 15) is 9.18 Å². The fraction of sp³-hybridized carbons (Fsp3) is 0.462. The zero-order chi connectivity index (χ0) is 13.4. The van der Waals surface area contributed by atoms with Crippen molar-refractivity contribution in [2.45, 2.75) is 6.42 Å². The molecular weight excluding hydrogens is 233 g/mol. The predicted octanol–water partition coefficient (Wildman–Crippen LogP) is 1.31. The van der Waals surface area contributed by atoms with Crippen molar-refractivity contribution in [1.82, 2.24) is 10.2 Å². The quantitative estimate of drug-likeness (QED) is 0.770. The van der Waals surface area contributed by atoms with Crippen LogP contribution in [0.5, 0.6) is 0 Å². The Morgan fingerprint density at radius 2 is 1.89 bits per heavy atom. The molecule has 1 amide bonds. The van der Waals surface area contributed by atoms with Gasteiger partial charge in [0, 0.05) is 31.7 Å². The number of carbonyl (C=O) groups excluding carboxylic acids is 1. The molecule has 18 heavy (non-hydrogen) atoms. The van der Waals surface area contributed by atoms with Crippen molar-refractivity contribution in [3.63, 3.8) is 0 Å². The van der Waals surface area contributed by atoms with Crippen molar-refractivity contribution < 1.29 is 9.18 Å². The summed E-state index contributed by atoms with van der Waals surface area (Å²) in [6.07, 6.45) is 0.408. The van der Waals surface area contributed by atoms with Crippen molar-refractivity contribution in [2.24, 2.45) is 0 Å². The molecule has 0 bridgehead atoms. The summed E-state index contributed by atoms with van der Waals surface area (Å²) >= 11 is 0. The number of nitrogens with one attached hydrogen (secondary N) is 2. The lowest BCUT2D eigenvalue weighted by atomic mass is 10.3. The number of hydrogen-bond acceptors (Lipinski definition) is 3. The molecule has 2 N–H and O–H groups in total. The van der Waals surface area contributed by atoms with Crippen molar-refractivity contribution in [1.29, 1.82) is 0 Å². The van der Waals surface area contributed by atoms with Gasteiger partial charge in [-0.05, 0) is 38.4 Å². The Labute approximate surface area is 107 Å². The van der Waals surface area contributed by atoms with Crippen LogP contribution in [0.4, 0.5) is 10.1 Å². The number of amides is 1. The number of anilines is 1. The number of hydrogen-bond donors (Lipinski definition) is 2. The third kappa shape index (κ3) is 6.20. The number of nitrogens with zero attached hydrogens (tertiary/aromatic N) is 1. The number of likely N-dealkylation sites (N-methyl/N-ethyl adjacent to an activating group) is 1. The van der Waals surface area contributed by atoms with E-state index in [-0.39, 0.29) is 11.7 Å². The first-order valence-electron chi connectivity index (χ1n) is 5.99. The Bertz CT molecular complexity index is 365. The van der Waals surface area contributed by atoms with E-state index in [4.69, 9.17) is 0 Å². The van der Waals surface area contributed by atoms with Gasteiger partial charge in [-0.2, -0.15) is 0 Å². The summed E-state index contributed by atoms with van der Waals surface area (Å²) in [4.78, 5) is 13.5. The van der Waals surface area contributed by atoms with Crippen molar-refractivity contribution in [3.05, 3.63) is 30.1 Å². The van der Waals surface area contributed by atoms with E-state index in [1.54, 1.807) is 12.1 Å². The van der Waals surface area contributed by atoms with Crippen LogP contribution in [0.15, 0.2) is 24.3 Å². The third-order valence-electron chi connectivity index (χ3n) is 2.41. The zero-order valence-electron chi connectivity index (χ0n) is 10.9. The summed E-state index contributed by atoms with van der Waals surface area (Å²) in [6.45, 7) is 2.03. The van der Waals surface area contributed by atoms with Crippen molar-refractivity contribution in [3.8, 4) is 0 Å². The van der Waals surface area contributed by atoms with Gasteiger partial charge in [0.1, 0.15) is 5.82 Å². The van der Waals surface area contributed by atoms with E-state index in [0.29, 0.717) is 19.5 Å². The Kier molecular flexibility index (Phi) is 6.14. The van der Waals surface area contributed by atoms with Gasteiger partial charge in [-0.15, -0.1) is 0 Å². The maximum Gasteiger partial charge on any atom is 0.221 e. The largest absolute Gasteiger partial charge is 0.385 e. The van der Waals surface area contributed by atoms with E-state index in [1.165, 1.54) is 12.1 Å². The molecule has 0 unspecified atom stereocenters. The van der Waals surface area contributed by atoms with Crippen LogP contribution in [0.1, 0.15) is 6.42 Å². The molecule has 0 aliphatic carbocycles. The average Bonchev–Trinajstić information content (AvgIpc) is 2.31. The molecule has 0 heterocycles. The van der Waals surface area contributed by atoms with Crippen molar-refractivity contribution in [2.75, 3.05) is 39.0 Å². The molecule has 0 aliphatic heterocycles. The van der Waals surface area contributed by atoms with Gasteiger partial charge in [0.15, 0.2) is 0 Å². The topological polar surface area (TPSA) is 44.4 Å². The minimum Gasteiger partial charge on any atom is -0.385 e. The molecule has 1 aromatic rings. The molecule has 0 spiro atoms. The molecule has 0 aromatic heterocycles. The second-order valence-electron chi connectivity index (χ2n) is 4.34. The Morgan fingerprint density at radius 1 is 1.22 bits per heavy atom. The average molecular weight is 253 g/mol. The molecule has 5 heteroatoms. The second-order valence-corrected chi connectivity index (χ2v) is 4.34. The van der Waals surface area contributed by atoms with Crippen LogP contribution in [0.2, 0.25) is 0 Å². The molecule has 100 valence electrons. The monoisotopic (exact) mass is 253 g/mol. The molecule has 0 aliphatic rings. The fourth-order valence-electron chi connectivity index (χ4n) is 1.40. The lowest BCUT2D eigenvalue weighted by Crippen LogP contribution is -2.32. The maximum atomic E-state index is 12.6. The second kappa shape index (κ2) is 7.66. The molecule has 0 fully saturated rings. The first-order valence-corrected chi connectivity index (χ1v) is 5.99. The predicted molar refractivity (Wildman–Crippen MR) is 71.1 cm³/mol. The summed E-state index contributed by atoms with van der Waals surface area (Å²) in [6, 6.07) is 6.08. The van der Waals surface area contributed by atoms with E-state index in [2.05, 4.69) is 10.6 Å². The van der Waals surface area contributed by atoms with E-state index < -0.39 is 0 Å². The van der Waals surface area contributed by atoms with E-state index >= 15 is 0 Å². The SMILES string of the molecule is CN(C)CCNC(=O)CCNc1ccc(F)cc1. The smallest absolute Gasteiger partial charge is 0.221 e. The first-order chi connectivity index (χ1) is 8.58. The van der Waals surface area contributed by atoms with Crippen LogP contribution in [0, 0.1) is 5.82 Å². The number of benzene rings is 1. The molecule has 4 nitrogen and oxygen atoms in total. The summed E-state index contributed by atoms with van der Waals surface area (Å²) in [5.41, 5.74) is 0.817. The minimum absolute atomic E-state index is 0.0199. The lowest BCUT2D eigenvalue weighted by Gasteiger charge is -2.10. The molecule has 0 radical (unpaired) electrons. The van der Waals surface area contributed by atoms with Gasteiger partial charge in [0.05, 0.1) is 0 Å². The van der Waals surface area contributed by atoms with Crippen LogP contribution < -0.4 is 10.6 Å². The molecule has 1 rings (SSSR count). The molecular formula is C13H20FN3O. The van der Waals surface area contributed by atoms with Crippen LogP contribution in [0.25, 0.3) is 0 Å². The minimum atomic E-state index is -0.262. The Morgan fingerprint density at radius 3 is 2.50 bits per heavy atom. The van der Waals surface area contributed by atoms with Gasteiger partial charge >= 0.3 is 0 Å². The van der Waals surface area contributed by atoms with Gasteiger partial charge < -0.3 is 15.5 Å². The van der Waals surface area contributed by atoms with Gasteiger partial charge in [0.2, 0.25) is 5.91 Å². The van der Waals surface area contributed by atoms with E-state index in [1.807, 2.05) is 19.0 Å². The van der Waals surface area contributed by atoms with Crippen LogP contribution >= 0.6 is 0 Å². The highest BCUT2D eigenvalue weighted by Gasteiger charge is 2.00. The van der Waals surface area contributed by atoms with Gasteiger partial charge in [-0.3, -0.25) is 4.79 Å². The molecule has 0 saturated carbocycles. The highest BCUT2D eigenvalue weighted by Crippen LogP contribution is 2.07. The summed E-state index contributed by atoms with van der Waals surface area (Å²) in [5.74, 6) is -0.242. The molecule has 1 aromatic carbocycles. The lowest BCUT2D eigenvalue weighted by molar-refractivity contribution is -0.120. The van der Waals surface area contributed by atoms with Gasteiger partial charge in [-0.25, -0.2) is 4.39 Å². The third-order valence-corrected chi connectivity index (χ3v) is 2.41. The maximum absolute atomic E-state index is 12.6. The molecule has 0 atom stereocenters. The Hall–Kier alpha value is -1.62. The summed E-state index contributed by atoms with van der Waals surface area (Å²) in [5, 5.41) is 5.89. The van der Waals surface area contributed by atoms with Crippen LogP contribution in [0.3, 0.4) is 0 Å². The number of halogens is 1. The zero-order valence-corrected chi connectivity index (χ0v) is 10.9. The number of rotatable bonds is 7. The van der Waals surface area contributed by atoms with Crippen LogP contribution in [-0.2, 0) is 4.79 Å². The summed E-state index contributed by atoms with van der Waals surface area (Å²) < 4.78 is 12.6. The normalized spacial score (nSPS) is 10.4. The molecule has 0 saturated heterocycles. The van der Waals surface area contributed by atoms with Crippen LogP contribution in [-0.4, -0.2) is 44.5 Å². The van der Waals surface area contributed by atoms with Gasteiger partial charge in [0.25, 0.3) is 0 Å². The standard InChI is InChI=1S/C13H20FN3O/c1-17(2)10-9-16-13(18)7-8-15-12-5-3-11(14)4-6-12/h3-6,15H,7-10H2,1-2H3,(H,16,18).